The van der Waals surface area contributed by atoms with E-state index in [2.05, 4.69) is 0 Å². The first kappa shape index (κ1) is 29.1. The number of rotatable bonds is 8. The van der Waals surface area contributed by atoms with Crippen LogP contribution in [0.2, 0.25) is 0 Å². The van der Waals surface area contributed by atoms with Crippen LogP contribution in [0.5, 0.6) is 0 Å². The predicted octanol–water partition coefficient (Wildman–Crippen LogP) is 6.80. The third-order valence-corrected chi connectivity index (χ3v) is 4.41. The Bertz CT molecular complexity index is 854. The van der Waals surface area contributed by atoms with Crippen LogP contribution in [0.25, 0.3) is 0 Å². The van der Waals surface area contributed by atoms with Gasteiger partial charge in [-0.15, -0.1) is 0 Å². The summed E-state index contributed by atoms with van der Waals surface area (Å²) in [4.78, 5) is 0. The van der Waals surface area contributed by atoms with E-state index in [1.54, 1.807) is 0 Å². The third kappa shape index (κ3) is 4.20. The molecule has 0 aliphatic heterocycles. The van der Waals surface area contributed by atoms with Gasteiger partial charge in [0.05, 0.1) is 12.0 Å². The van der Waals surface area contributed by atoms with E-state index in [-0.39, 0.29) is 6.92 Å². The van der Waals surface area contributed by atoms with Crippen LogP contribution in [0.3, 0.4) is 0 Å². The van der Waals surface area contributed by atoms with Crippen molar-refractivity contribution in [3.05, 3.63) is 35.6 Å². The highest BCUT2D eigenvalue weighted by molar-refractivity contribution is 5.25. The third-order valence-electron chi connectivity index (χ3n) is 4.41. The van der Waals surface area contributed by atoms with E-state index in [0.29, 0.717) is 12.1 Å². The van der Waals surface area contributed by atoms with Crippen LogP contribution >= 0.6 is 0 Å². The van der Waals surface area contributed by atoms with Gasteiger partial charge in [0.25, 0.3) is 0 Å². The van der Waals surface area contributed by atoms with Gasteiger partial charge in [-0.25, -0.2) is 4.39 Å². The lowest BCUT2D eigenvalue weighted by Gasteiger charge is -2.42. The summed E-state index contributed by atoms with van der Waals surface area (Å²) in [5.74, 6) is -49.2. The van der Waals surface area contributed by atoms with E-state index in [4.69, 9.17) is 0 Å². The molecular weight excluding hydrogens is 512 g/mol. The second kappa shape index (κ2) is 7.80. The summed E-state index contributed by atoms with van der Waals surface area (Å²) in [6.07, 6.45) is -10.8. The zero-order valence-electron chi connectivity index (χ0n) is 15.5. The van der Waals surface area contributed by atoms with Crippen LogP contribution in [0.4, 0.5) is 70.2 Å². The lowest BCUT2D eigenvalue weighted by atomic mass is 9.83. The lowest BCUT2D eigenvalue weighted by molar-refractivity contribution is -0.453. The van der Waals surface area contributed by atoms with Gasteiger partial charge < -0.3 is 5.11 Å². The molecule has 0 fully saturated rings. The van der Waals surface area contributed by atoms with E-state index >= 15 is 0 Å². The van der Waals surface area contributed by atoms with Crippen LogP contribution in [-0.2, 0) is 5.60 Å². The molecule has 0 saturated heterocycles. The van der Waals surface area contributed by atoms with E-state index in [9.17, 15) is 75.4 Å². The first-order valence-electron chi connectivity index (χ1n) is 8.03. The average molecular weight is 522 g/mol. The van der Waals surface area contributed by atoms with Crippen LogP contribution in [0.1, 0.15) is 18.9 Å². The van der Waals surface area contributed by atoms with Gasteiger partial charge in [0.15, 0.2) is 0 Å². The van der Waals surface area contributed by atoms with E-state index in [1.165, 1.54) is 0 Å². The highest BCUT2D eigenvalue weighted by atomic mass is 19.4. The van der Waals surface area contributed by atoms with Crippen molar-refractivity contribution in [3.8, 4) is 0 Å². The van der Waals surface area contributed by atoms with E-state index < -0.39 is 65.1 Å². The summed E-state index contributed by atoms with van der Waals surface area (Å²) in [7, 11) is 0. The van der Waals surface area contributed by atoms with Crippen LogP contribution in [-0.4, -0.2) is 46.8 Å². The number of benzene rings is 1. The van der Waals surface area contributed by atoms with Gasteiger partial charge >= 0.3 is 41.7 Å². The Morgan fingerprint density at radius 2 is 0.970 bits per heavy atom. The van der Waals surface area contributed by atoms with Crippen molar-refractivity contribution in [1.29, 1.82) is 0 Å². The minimum atomic E-state index is -8.42. The average Bonchev–Trinajstić information content (AvgIpc) is 2.59. The first-order valence-corrected chi connectivity index (χ1v) is 8.03. The Morgan fingerprint density at radius 1 is 0.606 bits per heavy atom. The standard InChI is InChI=1S/C16H10F16O/c1-9(33,7-4-2-3-5-8(7)17)6-10(18,19)11(20,21)12(22,23)13(24,25)14(26,27)15(28,29)16(30,31)32/h2-5,33H,6H2,1H3. The van der Waals surface area contributed by atoms with Crippen molar-refractivity contribution in [1.82, 2.24) is 0 Å². The molecule has 0 radical (unpaired) electrons. The Labute approximate surface area is 173 Å². The molecule has 0 aromatic heterocycles. The normalized spacial score (nSPS) is 17.2. The van der Waals surface area contributed by atoms with Gasteiger partial charge in [0.1, 0.15) is 5.82 Å². The maximum atomic E-state index is 14.0. The second-order valence-corrected chi connectivity index (χ2v) is 7.00. The number of hydrogen-bond acceptors (Lipinski definition) is 1. The minimum absolute atomic E-state index is 0.0953. The molecule has 0 aliphatic rings. The fourth-order valence-corrected chi connectivity index (χ4v) is 2.54. The molecule has 1 aromatic carbocycles. The molecule has 33 heavy (non-hydrogen) atoms. The van der Waals surface area contributed by atoms with Gasteiger partial charge in [-0.1, -0.05) is 18.2 Å². The monoisotopic (exact) mass is 522 g/mol. The van der Waals surface area contributed by atoms with Gasteiger partial charge in [0, 0.05) is 5.56 Å². The smallest absolute Gasteiger partial charge is 0.385 e. The summed E-state index contributed by atoms with van der Waals surface area (Å²) in [6, 6.07) is 2.59. The molecule has 1 N–H and O–H groups in total. The van der Waals surface area contributed by atoms with Gasteiger partial charge in [-0.2, -0.15) is 65.9 Å². The van der Waals surface area contributed by atoms with Crippen molar-refractivity contribution in [2.45, 2.75) is 60.7 Å². The van der Waals surface area contributed by atoms with Crippen molar-refractivity contribution in [3.63, 3.8) is 0 Å². The maximum Gasteiger partial charge on any atom is 0.460 e. The number of aliphatic hydroxyl groups is 1. The largest absolute Gasteiger partial charge is 0.460 e. The van der Waals surface area contributed by atoms with Crippen molar-refractivity contribution in [2.75, 3.05) is 0 Å². The van der Waals surface area contributed by atoms with Gasteiger partial charge in [-0.3, -0.25) is 0 Å². The Morgan fingerprint density at radius 3 is 1.36 bits per heavy atom. The van der Waals surface area contributed by atoms with Crippen molar-refractivity contribution in [2.24, 2.45) is 0 Å². The van der Waals surface area contributed by atoms with E-state index in [1.807, 2.05) is 0 Å². The Hall–Kier alpha value is -1.94. The Kier molecular flexibility index (Phi) is 6.87. The number of halogens is 16. The molecule has 1 nitrogen and oxygen atoms in total. The molecule has 1 unspecified atom stereocenters. The molecule has 0 bridgehead atoms. The number of hydrogen-bond donors (Lipinski definition) is 1. The molecule has 0 heterocycles. The van der Waals surface area contributed by atoms with Crippen LogP contribution < -0.4 is 0 Å². The molecule has 1 atom stereocenters. The van der Waals surface area contributed by atoms with Crippen LogP contribution in [0.15, 0.2) is 24.3 Å². The van der Waals surface area contributed by atoms with Crippen molar-refractivity contribution < 1.29 is 75.4 Å². The van der Waals surface area contributed by atoms with Gasteiger partial charge in [0.2, 0.25) is 0 Å². The molecule has 0 spiro atoms. The summed E-state index contributed by atoms with van der Waals surface area (Å²) < 4.78 is 211. The van der Waals surface area contributed by atoms with Crippen LogP contribution in [0, 0.1) is 5.82 Å². The zero-order chi connectivity index (χ0) is 26.7. The van der Waals surface area contributed by atoms with E-state index in [0.717, 1.165) is 12.1 Å². The maximum absolute atomic E-state index is 14.0. The summed E-state index contributed by atoms with van der Waals surface area (Å²) >= 11 is 0. The summed E-state index contributed by atoms with van der Waals surface area (Å²) in [6.45, 7) is 0.0953. The quantitative estimate of drug-likeness (QED) is 0.373. The first-order chi connectivity index (χ1) is 14.2. The molecule has 0 saturated carbocycles. The number of alkyl halides is 15. The summed E-state index contributed by atoms with van der Waals surface area (Å²) in [5.41, 5.74) is -4.87. The molecular formula is C16H10F16O. The molecule has 17 heteroatoms. The second-order valence-electron chi connectivity index (χ2n) is 7.00. The molecule has 192 valence electrons. The fraction of sp³-hybridized carbons (Fsp3) is 0.625. The molecule has 1 rings (SSSR count). The lowest BCUT2D eigenvalue weighted by Crippen LogP contribution is -2.72. The van der Waals surface area contributed by atoms with Crippen molar-refractivity contribution >= 4 is 0 Å². The minimum Gasteiger partial charge on any atom is -0.385 e. The Balaban J connectivity index is 3.56. The predicted molar refractivity (Wildman–Crippen MR) is 76.3 cm³/mol. The molecule has 1 aromatic rings. The molecule has 0 amide bonds. The SMILES string of the molecule is CC(O)(CC(F)(F)C(F)(F)C(F)(F)C(F)(F)C(F)(F)C(F)(F)C(F)(F)F)c1ccccc1F. The topological polar surface area (TPSA) is 20.2 Å². The highest BCUT2D eigenvalue weighted by Gasteiger charge is 2.93. The zero-order valence-corrected chi connectivity index (χ0v) is 15.5. The fourth-order valence-electron chi connectivity index (χ4n) is 2.54. The highest BCUT2D eigenvalue weighted by Crippen LogP contribution is 2.63. The summed E-state index contributed by atoms with van der Waals surface area (Å²) in [5, 5.41) is 9.83. The van der Waals surface area contributed by atoms with Gasteiger partial charge in [-0.05, 0) is 13.0 Å². The molecule has 0 aliphatic carbocycles.